The van der Waals surface area contributed by atoms with Crippen LogP contribution in [0.2, 0.25) is 0 Å². The van der Waals surface area contributed by atoms with E-state index >= 15 is 0 Å². The number of thioether (sulfide) groups is 1. The van der Waals surface area contributed by atoms with Gasteiger partial charge in [0, 0.05) is 0 Å². The molecular formula is C6H13NS. The van der Waals surface area contributed by atoms with Gasteiger partial charge in [0.2, 0.25) is 0 Å². The van der Waals surface area contributed by atoms with Crippen LogP contribution < -0.4 is 0 Å². The lowest BCUT2D eigenvalue weighted by Crippen LogP contribution is -1.69. The van der Waals surface area contributed by atoms with Gasteiger partial charge in [0.25, 0.3) is 0 Å². The molecular weight excluding hydrogens is 118 g/mol. The monoisotopic (exact) mass is 131 g/mol. The van der Waals surface area contributed by atoms with Crippen molar-refractivity contribution in [3.05, 3.63) is 12.0 Å². The molecule has 48 valence electrons. The Bertz CT molecular complexity index is 68.9. The van der Waals surface area contributed by atoms with Crippen molar-refractivity contribution in [1.29, 1.82) is 5.41 Å². The molecule has 0 rings (SSSR count). The summed E-state index contributed by atoms with van der Waals surface area (Å²) in [5, 5.41) is 9.02. The minimum Gasteiger partial charge on any atom is -0.298 e. The second kappa shape index (κ2) is 9.90. The van der Waals surface area contributed by atoms with E-state index in [9.17, 15) is 0 Å². The normalized spacial score (nSPS) is 6.38. The van der Waals surface area contributed by atoms with E-state index < -0.39 is 0 Å². The van der Waals surface area contributed by atoms with Crippen LogP contribution in [0.3, 0.4) is 0 Å². The third-order valence-electron chi connectivity index (χ3n) is 0.260. The number of nitrogens with one attached hydrogen (secondary N) is 1. The highest BCUT2D eigenvalue weighted by Gasteiger charge is 1.74. The van der Waals surface area contributed by atoms with E-state index in [0.29, 0.717) is 5.04 Å². The van der Waals surface area contributed by atoms with Crippen molar-refractivity contribution in [2.24, 2.45) is 0 Å². The first-order chi connectivity index (χ1) is 3.77. The number of rotatable bonds is 1. The number of hydrogen-bond acceptors (Lipinski definition) is 2. The average molecular weight is 131 g/mol. The molecule has 8 heavy (non-hydrogen) atoms. The topological polar surface area (TPSA) is 23.9 Å². The van der Waals surface area contributed by atoms with Crippen LogP contribution in [0.1, 0.15) is 20.8 Å². The van der Waals surface area contributed by atoms with Crippen molar-refractivity contribution in [1.82, 2.24) is 0 Å². The molecule has 0 aliphatic carbocycles. The summed E-state index contributed by atoms with van der Waals surface area (Å²) in [6.45, 7) is 9.15. The van der Waals surface area contributed by atoms with Gasteiger partial charge in [0.05, 0.1) is 5.04 Å². The maximum atomic E-state index is 6.79. The van der Waals surface area contributed by atoms with Crippen LogP contribution in [0.15, 0.2) is 12.0 Å². The van der Waals surface area contributed by atoms with E-state index in [4.69, 9.17) is 5.41 Å². The third-order valence-corrected chi connectivity index (χ3v) is 0.780. The average Bonchev–Trinajstić information content (AvgIpc) is 1.72. The van der Waals surface area contributed by atoms with E-state index in [1.807, 2.05) is 13.8 Å². The second-order valence-electron chi connectivity index (χ2n) is 0.841. The Labute approximate surface area is 55.7 Å². The van der Waals surface area contributed by atoms with Crippen molar-refractivity contribution in [3.63, 3.8) is 0 Å². The van der Waals surface area contributed by atoms with Gasteiger partial charge < -0.3 is 0 Å². The minimum absolute atomic E-state index is 0.588. The summed E-state index contributed by atoms with van der Waals surface area (Å²) in [6, 6.07) is 0. The molecule has 0 bridgehead atoms. The Balaban J connectivity index is 0. The zero-order valence-electron chi connectivity index (χ0n) is 5.69. The number of hydrogen-bond donors (Lipinski definition) is 1. The van der Waals surface area contributed by atoms with Crippen molar-refractivity contribution in [3.8, 4) is 0 Å². The minimum atomic E-state index is 0.588. The second-order valence-corrected chi connectivity index (χ2v) is 2.02. The lowest BCUT2D eigenvalue weighted by Gasteiger charge is -1.80. The van der Waals surface area contributed by atoms with E-state index in [0.717, 1.165) is 0 Å². The standard InChI is InChI=1S/C4H7NS.C2H6/c1-3-6-4(2)5;1-2/h3,5H,1H2,2H3;1-2H3. The van der Waals surface area contributed by atoms with Gasteiger partial charge in [-0.2, -0.15) is 0 Å². The molecule has 0 fully saturated rings. The fraction of sp³-hybridized carbons (Fsp3) is 0.500. The molecule has 0 unspecified atom stereocenters. The summed E-state index contributed by atoms with van der Waals surface area (Å²) >= 11 is 1.33. The molecule has 0 aliphatic heterocycles. The fourth-order valence-corrected chi connectivity index (χ4v) is 0.375. The molecule has 0 saturated carbocycles. The molecule has 1 nitrogen and oxygen atoms in total. The van der Waals surface area contributed by atoms with Crippen molar-refractivity contribution >= 4 is 16.8 Å². The first kappa shape index (κ1) is 10.7. The predicted molar refractivity (Wildman–Crippen MR) is 42.5 cm³/mol. The van der Waals surface area contributed by atoms with Crippen LogP contribution in [0.25, 0.3) is 0 Å². The molecule has 0 aromatic heterocycles. The first-order valence-corrected chi connectivity index (χ1v) is 3.48. The molecule has 0 amide bonds. The smallest absolute Gasteiger partial charge is 0.0652 e. The van der Waals surface area contributed by atoms with Crippen LogP contribution in [0, 0.1) is 5.41 Å². The molecule has 2 heteroatoms. The SMILES string of the molecule is C=CSC(C)=N.CC. The zero-order chi connectivity index (χ0) is 6.99. The van der Waals surface area contributed by atoms with Crippen LogP contribution >= 0.6 is 11.8 Å². The lowest BCUT2D eigenvalue weighted by atomic mass is 10.9. The third kappa shape index (κ3) is 17.1. The van der Waals surface area contributed by atoms with E-state index in [1.54, 1.807) is 12.3 Å². The molecule has 1 N–H and O–H groups in total. The van der Waals surface area contributed by atoms with Gasteiger partial charge in [-0.1, -0.05) is 32.2 Å². The van der Waals surface area contributed by atoms with E-state index in [-0.39, 0.29) is 0 Å². The predicted octanol–water partition coefficient (Wildman–Crippen LogP) is 2.89. The summed E-state index contributed by atoms with van der Waals surface area (Å²) in [7, 11) is 0. The summed E-state index contributed by atoms with van der Waals surface area (Å²) < 4.78 is 0. The Morgan fingerprint density at radius 3 is 2.00 bits per heavy atom. The van der Waals surface area contributed by atoms with Crippen LogP contribution in [-0.2, 0) is 0 Å². The van der Waals surface area contributed by atoms with Gasteiger partial charge in [-0.15, -0.1) is 0 Å². The van der Waals surface area contributed by atoms with E-state index in [1.165, 1.54) is 11.8 Å². The maximum absolute atomic E-state index is 6.79. The highest BCUT2D eigenvalue weighted by molar-refractivity contribution is 8.16. The zero-order valence-corrected chi connectivity index (χ0v) is 6.51. The van der Waals surface area contributed by atoms with Crippen molar-refractivity contribution < 1.29 is 0 Å². The van der Waals surface area contributed by atoms with Crippen molar-refractivity contribution in [2.75, 3.05) is 0 Å². The van der Waals surface area contributed by atoms with Gasteiger partial charge in [-0.05, 0) is 12.3 Å². The first-order valence-electron chi connectivity index (χ1n) is 2.60. The van der Waals surface area contributed by atoms with Gasteiger partial charge in [-0.25, -0.2) is 0 Å². The van der Waals surface area contributed by atoms with Crippen LogP contribution in [-0.4, -0.2) is 5.04 Å². The summed E-state index contributed by atoms with van der Waals surface area (Å²) in [4.78, 5) is 0. The summed E-state index contributed by atoms with van der Waals surface area (Å²) in [5.74, 6) is 0. The van der Waals surface area contributed by atoms with Gasteiger partial charge in [0.1, 0.15) is 0 Å². The van der Waals surface area contributed by atoms with Crippen LogP contribution in [0.5, 0.6) is 0 Å². The van der Waals surface area contributed by atoms with E-state index in [2.05, 4.69) is 6.58 Å². The maximum Gasteiger partial charge on any atom is 0.0652 e. The molecule has 0 radical (unpaired) electrons. The van der Waals surface area contributed by atoms with Crippen molar-refractivity contribution in [2.45, 2.75) is 20.8 Å². The molecule has 0 aromatic rings. The van der Waals surface area contributed by atoms with Crippen LogP contribution in [0.4, 0.5) is 0 Å². The highest BCUT2D eigenvalue weighted by Crippen LogP contribution is 1.98. The highest BCUT2D eigenvalue weighted by atomic mass is 32.2. The quantitative estimate of drug-likeness (QED) is 0.429. The Hall–Kier alpha value is -0.240. The lowest BCUT2D eigenvalue weighted by molar-refractivity contribution is 1.50. The molecule has 0 aromatic carbocycles. The Morgan fingerprint density at radius 1 is 1.62 bits per heavy atom. The summed E-state index contributed by atoms with van der Waals surface area (Å²) in [5.41, 5.74) is 0. The van der Waals surface area contributed by atoms with Gasteiger partial charge in [-0.3, -0.25) is 5.41 Å². The van der Waals surface area contributed by atoms with Gasteiger partial charge >= 0.3 is 0 Å². The molecule has 0 heterocycles. The molecule has 0 atom stereocenters. The fourth-order valence-electron chi connectivity index (χ4n) is 0.125. The molecule has 0 aliphatic rings. The Morgan fingerprint density at radius 2 is 2.00 bits per heavy atom. The largest absolute Gasteiger partial charge is 0.298 e. The Kier molecular flexibility index (Phi) is 13.2. The van der Waals surface area contributed by atoms with Gasteiger partial charge in [0.15, 0.2) is 0 Å². The summed E-state index contributed by atoms with van der Waals surface area (Å²) in [6.07, 6.45) is 0. The molecule has 0 saturated heterocycles. The molecule has 0 spiro atoms.